The standard InChI is InChI=1S/C29H33N3O3/c1-22-10-7-13-25(20-22)35-19-6-5-18-32-27-15-4-3-14-26(27)31-28(32)16-9-17-30-29(33)23-11-8-12-24(21-23)34-2/h3-4,7-8,10-15,20-21H,5-6,9,16-19H2,1-2H3,(H,30,33). The third kappa shape index (κ3) is 6.63. The molecule has 1 aromatic heterocycles. The number of methoxy groups -OCH3 is 1. The molecule has 0 aliphatic rings. The number of unbranched alkanes of at least 4 members (excludes halogenated alkanes) is 1. The number of benzene rings is 3. The van der Waals surface area contributed by atoms with Gasteiger partial charge in [-0.25, -0.2) is 4.98 Å². The highest BCUT2D eigenvalue weighted by molar-refractivity contribution is 5.94. The fourth-order valence-electron chi connectivity index (χ4n) is 4.15. The Labute approximate surface area is 206 Å². The van der Waals surface area contributed by atoms with Gasteiger partial charge in [-0.3, -0.25) is 4.79 Å². The summed E-state index contributed by atoms with van der Waals surface area (Å²) < 4.78 is 13.4. The van der Waals surface area contributed by atoms with Gasteiger partial charge in [0.25, 0.3) is 5.91 Å². The summed E-state index contributed by atoms with van der Waals surface area (Å²) >= 11 is 0. The van der Waals surface area contributed by atoms with Crippen LogP contribution >= 0.6 is 0 Å². The van der Waals surface area contributed by atoms with Crippen LogP contribution in [0.5, 0.6) is 11.5 Å². The maximum atomic E-state index is 12.5. The number of amides is 1. The van der Waals surface area contributed by atoms with Crippen molar-refractivity contribution in [2.45, 2.75) is 39.2 Å². The predicted octanol–water partition coefficient (Wildman–Crippen LogP) is 5.58. The summed E-state index contributed by atoms with van der Waals surface area (Å²) in [6, 6.07) is 23.6. The largest absolute Gasteiger partial charge is 0.497 e. The maximum Gasteiger partial charge on any atom is 0.251 e. The van der Waals surface area contributed by atoms with Crippen LogP contribution in [0.25, 0.3) is 11.0 Å². The molecular weight excluding hydrogens is 438 g/mol. The van der Waals surface area contributed by atoms with Gasteiger partial charge in [0.2, 0.25) is 0 Å². The Hall–Kier alpha value is -3.80. The van der Waals surface area contributed by atoms with Crippen molar-refractivity contribution in [3.63, 3.8) is 0 Å². The number of hydrogen-bond donors (Lipinski definition) is 1. The zero-order chi connectivity index (χ0) is 24.5. The molecule has 0 saturated heterocycles. The van der Waals surface area contributed by atoms with Gasteiger partial charge in [-0.2, -0.15) is 0 Å². The number of imidazole rings is 1. The first-order valence-corrected chi connectivity index (χ1v) is 12.2. The summed E-state index contributed by atoms with van der Waals surface area (Å²) in [6.45, 7) is 4.25. The lowest BCUT2D eigenvalue weighted by Crippen LogP contribution is -2.25. The third-order valence-electron chi connectivity index (χ3n) is 5.96. The number of carbonyl (C=O) groups excluding carboxylic acids is 1. The van der Waals surface area contributed by atoms with Crippen LogP contribution in [0.3, 0.4) is 0 Å². The first-order valence-electron chi connectivity index (χ1n) is 12.2. The molecular formula is C29H33N3O3. The van der Waals surface area contributed by atoms with Gasteiger partial charge in [-0.1, -0.05) is 30.3 Å². The topological polar surface area (TPSA) is 65.4 Å². The van der Waals surface area contributed by atoms with Gasteiger partial charge in [0.05, 0.1) is 24.8 Å². The highest BCUT2D eigenvalue weighted by atomic mass is 16.5. The van der Waals surface area contributed by atoms with E-state index in [0.29, 0.717) is 24.5 Å². The highest BCUT2D eigenvalue weighted by Gasteiger charge is 2.11. The van der Waals surface area contributed by atoms with E-state index in [1.54, 1.807) is 19.2 Å². The molecule has 1 N–H and O–H groups in total. The molecule has 0 bridgehead atoms. The second-order valence-corrected chi connectivity index (χ2v) is 8.63. The van der Waals surface area contributed by atoms with E-state index in [1.165, 1.54) is 5.56 Å². The smallest absolute Gasteiger partial charge is 0.251 e. The second-order valence-electron chi connectivity index (χ2n) is 8.63. The molecule has 6 nitrogen and oxygen atoms in total. The van der Waals surface area contributed by atoms with Crippen LogP contribution < -0.4 is 14.8 Å². The van der Waals surface area contributed by atoms with Gasteiger partial charge < -0.3 is 19.4 Å². The van der Waals surface area contributed by atoms with Crippen LogP contribution in [0, 0.1) is 6.92 Å². The van der Waals surface area contributed by atoms with Gasteiger partial charge in [0, 0.05) is 25.1 Å². The third-order valence-corrected chi connectivity index (χ3v) is 5.96. The van der Waals surface area contributed by atoms with E-state index < -0.39 is 0 Å². The van der Waals surface area contributed by atoms with Crippen molar-refractivity contribution in [2.24, 2.45) is 0 Å². The summed E-state index contributed by atoms with van der Waals surface area (Å²) in [5.74, 6) is 2.57. The van der Waals surface area contributed by atoms with Crippen LogP contribution in [-0.4, -0.2) is 35.7 Å². The Balaban J connectivity index is 1.29. The molecule has 3 aromatic carbocycles. The van der Waals surface area contributed by atoms with E-state index >= 15 is 0 Å². The molecule has 0 radical (unpaired) electrons. The Morgan fingerprint density at radius 1 is 0.943 bits per heavy atom. The van der Waals surface area contributed by atoms with E-state index in [-0.39, 0.29) is 5.91 Å². The molecule has 1 amide bonds. The number of hydrogen-bond acceptors (Lipinski definition) is 4. The van der Waals surface area contributed by atoms with Crippen LogP contribution in [-0.2, 0) is 13.0 Å². The normalized spacial score (nSPS) is 10.9. The summed E-state index contributed by atoms with van der Waals surface area (Å²) in [5, 5.41) is 3.01. The number of nitrogens with one attached hydrogen (secondary N) is 1. The van der Waals surface area contributed by atoms with Gasteiger partial charge >= 0.3 is 0 Å². The van der Waals surface area contributed by atoms with Crippen molar-refractivity contribution >= 4 is 16.9 Å². The predicted molar refractivity (Wildman–Crippen MR) is 139 cm³/mol. The minimum atomic E-state index is -0.0917. The van der Waals surface area contributed by atoms with Crippen LogP contribution in [0.15, 0.2) is 72.8 Å². The molecule has 0 atom stereocenters. The van der Waals surface area contributed by atoms with E-state index in [0.717, 1.165) is 54.8 Å². The van der Waals surface area contributed by atoms with Gasteiger partial charge in [0.15, 0.2) is 0 Å². The highest BCUT2D eigenvalue weighted by Crippen LogP contribution is 2.19. The average Bonchev–Trinajstić information content (AvgIpc) is 3.23. The van der Waals surface area contributed by atoms with Gasteiger partial charge in [0.1, 0.15) is 17.3 Å². The summed E-state index contributed by atoms with van der Waals surface area (Å²) in [7, 11) is 1.60. The SMILES string of the molecule is COc1cccc(C(=O)NCCCc2nc3ccccc3n2CCCCOc2cccc(C)c2)c1. The number of rotatable bonds is 12. The number of aromatic nitrogens is 2. The average molecular weight is 472 g/mol. The van der Waals surface area contributed by atoms with Crippen LogP contribution in [0.4, 0.5) is 0 Å². The molecule has 0 fully saturated rings. The molecule has 35 heavy (non-hydrogen) atoms. The molecule has 0 aliphatic carbocycles. The fraction of sp³-hybridized carbons (Fsp3) is 0.310. The minimum absolute atomic E-state index is 0.0917. The first-order chi connectivity index (χ1) is 17.1. The monoisotopic (exact) mass is 471 g/mol. The Kier molecular flexibility index (Phi) is 8.39. The Bertz CT molecular complexity index is 1270. The van der Waals surface area contributed by atoms with E-state index in [4.69, 9.17) is 14.5 Å². The van der Waals surface area contributed by atoms with Crippen molar-refractivity contribution in [3.05, 3.63) is 89.7 Å². The molecule has 0 aliphatic heterocycles. The molecule has 0 saturated carbocycles. The molecule has 4 aromatic rings. The minimum Gasteiger partial charge on any atom is -0.497 e. The number of para-hydroxylation sites is 2. The lowest BCUT2D eigenvalue weighted by Gasteiger charge is -2.11. The van der Waals surface area contributed by atoms with Crippen molar-refractivity contribution in [1.82, 2.24) is 14.9 Å². The maximum absolute atomic E-state index is 12.5. The number of nitrogens with zero attached hydrogens (tertiary/aromatic N) is 2. The summed E-state index contributed by atoms with van der Waals surface area (Å²) in [6.07, 6.45) is 3.59. The quantitative estimate of drug-likeness (QED) is 0.274. The number of aryl methyl sites for hydroxylation is 3. The summed E-state index contributed by atoms with van der Waals surface area (Å²) in [5.41, 5.74) is 3.97. The molecule has 0 spiro atoms. The van der Waals surface area contributed by atoms with E-state index in [9.17, 15) is 4.79 Å². The van der Waals surface area contributed by atoms with Crippen molar-refractivity contribution in [3.8, 4) is 11.5 Å². The lowest BCUT2D eigenvalue weighted by molar-refractivity contribution is 0.0952. The number of carbonyl (C=O) groups is 1. The molecule has 1 heterocycles. The zero-order valence-electron chi connectivity index (χ0n) is 20.5. The molecule has 0 unspecified atom stereocenters. The second kappa shape index (κ2) is 12.1. The van der Waals surface area contributed by atoms with Gasteiger partial charge in [-0.05, 0) is 74.2 Å². The molecule has 182 valence electrons. The molecule has 6 heteroatoms. The number of ether oxygens (including phenoxy) is 2. The Morgan fingerprint density at radius 2 is 1.77 bits per heavy atom. The fourth-order valence-corrected chi connectivity index (χ4v) is 4.15. The van der Waals surface area contributed by atoms with Crippen molar-refractivity contribution in [2.75, 3.05) is 20.3 Å². The zero-order valence-corrected chi connectivity index (χ0v) is 20.5. The lowest BCUT2D eigenvalue weighted by atomic mass is 10.2. The first kappa shape index (κ1) is 24.3. The molecule has 4 rings (SSSR count). The Morgan fingerprint density at radius 3 is 2.63 bits per heavy atom. The van der Waals surface area contributed by atoms with Crippen LogP contribution in [0.1, 0.15) is 41.0 Å². The number of fused-ring (bicyclic) bond motifs is 1. The van der Waals surface area contributed by atoms with Crippen molar-refractivity contribution < 1.29 is 14.3 Å². The van der Waals surface area contributed by atoms with Crippen molar-refractivity contribution in [1.29, 1.82) is 0 Å². The van der Waals surface area contributed by atoms with Gasteiger partial charge in [-0.15, -0.1) is 0 Å². The summed E-state index contributed by atoms with van der Waals surface area (Å²) in [4.78, 5) is 17.3. The van der Waals surface area contributed by atoms with Crippen LogP contribution in [0.2, 0.25) is 0 Å². The van der Waals surface area contributed by atoms with E-state index in [2.05, 4.69) is 47.1 Å². The van der Waals surface area contributed by atoms with E-state index in [1.807, 2.05) is 30.3 Å².